The molecule has 0 bridgehead atoms. The zero-order valence-corrected chi connectivity index (χ0v) is 17.5. The van der Waals surface area contributed by atoms with Crippen LogP contribution in [0.2, 0.25) is 0 Å². The normalized spacial score (nSPS) is 11.3. The van der Waals surface area contributed by atoms with Crippen LogP contribution in [0.4, 0.5) is 0 Å². The van der Waals surface area contributed by atoms with Crippen LogP contribution < -0.4 is 5.32 Å². The van der Waals surface area contributed by atoms with E-state index in [1.165, 1.54) is 129 Å². The molecule has 0 atom stereocenters. The highest BCUT2D eigenvalue weighted by Crippen LogP contribution is 2.11. The second-order valence-corrected chi connectivity index (χ2v) is 7.84. The second kappa shape index (κ2) is 23.9. The maximum absolute atomic E-state index is 8.72. The van der Waals surface area contributed by atoms with Crippen LogP contribution in [0.15, 0.2) is 0 Å². The smallest absolute Gasteiger partial charge is 0.0431 e. The summed E-state index contributed by atoms with van der Waals surface area (Å²) in [6, 6.07) is 0. The largest absolute Gasteiger partial charge is 0.396 e. The molecule has 0 aliphatic carbocycles. The summed E-state index contributed by atoms with van der Waals surface area (Å²) in [4.78, 5) is 0. The molecule has 152 valence electrons. The Morgan fingerprint density at radius 3 is 1.12 bits per heavy atom. The molecule has 0 rings (SSSR count). The van der Waals surface area contributed by atoms with Crippen molar-refractivity contribution in [1.82, 2.24) is 5.32 Å². The average molecular weight is 356 g/mol. The molecule has 0 aliphatic rings. The van der Waals surface area contributed by atoms with Gasteiger partial charge >= 0.3 is 0 Å². The summed E-state index contributed by atoms with van der Waals surface area (Å²) in [6.45, 7) is 5.09. The van der Waals surface area contributed by atoms with Crippen molar-refractivity contribution in [3.8, 4) is 0 Å². The Bertz CT molecular complexity index is 198. The van der Waals surface area contributed by atoms with Gasteiger partial charge in [0.15, 0.2) is 0 Å². The Kier molecular flexibility index (Phi) is 23.8. The van der Waals surface area contributed by atoms with E-state index >= 15 is 0 Å². The zero-order chi connectivity index (χ0) is 18.3. The molecule has 0 aromatic carbocycles. The Morgan fingerprint density at radius 1 is 0.440 bits per heavy atom. The van der Waals surface area contributed by atoms with Gasteiger partial charge in [-0.1, -0.05) is 110 Å². The van der Waals surface area contributed by atoms with Gasteiger partial charge in [-0.2, -0.15) is 0 Å². The minimum atomic E-state index is 0.366. The van der Waals surface area contributed by atoms with Crippen LogP contribution >= 0.6 is 0 Å². The van der Waals surface area contributed by atoms with E-state index in [-0.39, 0.29) is 0 Å². The highest BCUT2D eigenvalue weighted by Gasteiger charge is 1.94. The molecular weight excluding hydrogens is 306 g/mol. The summed E-state index contributed by atoms with van der Waals surface area (Å²) in [6.07, 6.45) is 26.1. The van der Waals surface area contributed by atoms with Crippen molar-refractivity contribution in [2.24, 2.45) is 0 Å². The Labute approximate surface area is 159 Å². The lowest BCUT2D eigenvalue weighted by atomic mass is 10.1. The van der Waals surface area contributed by atoms with E-state index in [1.807, 2.05) is 0 Å². The highest BCUT2D eigenvalue weighted by molar-refractivity contribution is 4.53. The van der Waals surface area contributed by atoms with Crippen LogP contribution in [0.3, 0.4) is 0 Å². The molecule has 2 heteroatoms. The quantitative estimate of drug-likeness (QED) is 0.205. The lowest BCUT2D eigenvalue weighted by Crippen LogP contribution is -2.16. The SMILES string of the molecule is CCCCCCCCCCCCCNCCCCCCCCCCO. The molecule has 0 aliphatic heterocycles. The monoisotopic (exact) mass is 355 g/mol. The predicted molar refractivity (Wildman–Crippen MR) is 113 cm³/mol. The number of hydrogen-bond donors (Lipinski definition) is 2. The lowest BCUT2D eigenvalue weighted by Gasteiger charge is -2.05. The number of nitrogens with one attached hydrogen (secondary N) is 1. The molecule has 0 radical (unpaired) electrons. The van der Waals surface area contributed by atoms with Crippen molar-refractivity contribution >= 4 is 0 Å². The van der Waals surface area contributed by atoms with E-state index in [2.05, 4.69) is 12.2 Å². The Morgan fingerprint density at radius 2 is 0.760 bits per heavy atom. The first-order chi connectivity index (χ1) is 12.4. The zero-order valence-electron chi connectivity index (χ0n) is 17.5. The standard InChI is InChI=1S/C23H49NO/c1-2-3-4-5-6-7-8-9-12-15-18-21-24-22-19-16-13-10-11-14-17-20-23-25/h24-25H,2-23H2,1H3. The molecule has 0 heterocycles. The van der Waals surface area contributed by atoms with Crippen LogP contribution in [-0.4, -0.2) is 24.8 Å². The molecule has 0 spiro atoms. The van der Waals surface area contributed by atoms with E-state index in [1.54, 1.807) is 0 Å². The Balaban J connectivity index is 2.94. The van der Waals surface area contributed by atoms with Gasteiger partial charge in [-0.3, -0.25) is 0 Å². The van der Waals surface area contributed by atoms with Gasteiger partial charge in [0.2, 0.25) is 0 Å². The summed E-state index contributed by atoms with van der Waals surface area (Å²) in [5.74, 6) is 0. The number of aliphatic hydroxyl groups is 1. The van der Waals surface area contributed by atoms with Crippen molar-refractivity contribution in [2.75, 3.05) is 19.7 Å². The van der Waals surface area contributed by atoms with E-state index in [9.17, 15) is 0 Å². The molecule has 25 heavy (non-hydrogen) atoms. The van der Waals surface area contributed by atoms with E-state index in [0.717, 1.165) is 6.42 Å². The summed E-state index contributed by atoms with van der Waals surface area (Å²) < 4.78 is 0. The maximum Gasteiger partial charge on any atom is 0.0431 e. The van der Waals surface area contributed by atoms with Crippen molar-refractivity contribution in [3.05, 3.63) is 0 Å². The van der Waals surface area contributed by atoms with Gasteiger partial charge < -0.3 is 10.4 Å². The summed E-state index contributed by atoms with van der Waals surface area (Å²) in [5.41, 5.74) is 0. The third kappa shape index (κ3) is 23.9. The maximum atomic E-state index is 8.72. The van der Waals surface area contributed by atoms with Crippen LogP contribution in [0, 0.1) is 0 Å². The van der Waals surface area contributed by atoms with Gasteiger partial charge in [0.25, 0.3) is 0 Å². The van der Waals surface area contributed by atoms with Crippen LogP contribution in [0.25, 0.3) is 0 Å². The van der Waals surface area contributed by atoms with Crippen LogP contribution in [0.5, 0.6) is 0 Å². The summed E-state index contributed by atoms with van der Waals surface area (Å²) in [7, 11) is 0. The van der Waals surface area contributed by atoms with Gasteiger partial charge in [0, 0.05) is 6.61 Å². The molecule has 0 saturated heterocycles. The van der Waals surface area contributed by atoms with Crippen LogP contribution in [0.1, 0.15) is 129 Å². The minimum Gasteiger partial charge on any atom is -0.396 e. The second-order valence-electron chi connectivity index (χ2n) is 7.84. The van der Waals surface area contributed by atoms with E-state index < -0.39 is 0 Å². The number of rotatable bonds is 22. The fraction of sp³-hybridized carbons (Fsp3) is 1.00. The topological polar surface area (TPSA) is 32.3 Å². The fourth-order valence-electron chi connectivity index (χ4n) is 3.46. The van der Waals surface area contributed by atoms with Gasteiger partial charge in [0.1, 0.15) is 0 Å². The van der Waals surface area contributed by atoms with Crippen molar-refractivity contribution < 1.29 is 5.11 Å². The molecule has 0 aromatic rings. The molecule has 0 amide bonds. The first-order valence-corrected chi connectivity index (χ1v) is 11.7. The first-order valence-electron chi connectivity index (χ1n) is 11.7. The summed E-state index contributed by atoms with van der Waals surface area (Å²) in [5, 5.41) is 12.3. The number of aliphatic hydroxyl groups excluding tert-OH is 1. The molecule has 0 fully saturated rings. The molecule has 0 aromatic heterocycles. The van der Waals surface area contributed by atoms with Gasteiger partial charge in [0.05, 0.1) is 0 Å². The average Bonchev–Trinajstić information content (AvgIpc) is 2.63. The fourth-order valence-corrected chi connectivity index (χ4v) is 3.46. The first kappa shape index (κ1) is 24.9. The minimum absolute atomic E-state index is 0.366. The highest BCUT2D eigenvalue weighted by atomic mass is 16.2. The molecule has 0 unspecified atom stereocenters. The van der Waals surface area contributed by atoms with Crippen molar-refractivity contribution in [3.63, 3.8) is 0 Å². The van der Waals surface area contributed by atoms with E-state index in [4.69, 9.17) is 5.11 Å². The molecule has 2 N–H and O–H groups in total. The third-order valence-electron chi connectivity index (χ3n) is 5.22. The lowest BCUT2D eigenvalue weighted by molar-refractivity contribution is 0.282. The predicted octanol–water partition coefficient (Wildman–Crippen LogP) is 7.00. The summed E-state index contributed by atoms with van der Waals surface area (Å²) >= 11 is 0. The molecular formula is C23H49NO. The molecule has 0 saturated carbocycles. The van der Waals surface area contributed by atoms with E-state index in [0.29, 0.717) is 6.61 Å². The van der Waals surface area contributed by atoms with Gasteiger partial charge in [-0.15, -0.1) is 0 Å². The van der Waals surface area contributed by atoms with Crippen LogP contribution in [-0.2, 0) is 0 Å². The van der Waals surface area contributed by atoms with Gasteiger partial charge in [-0.05, 0) is 32.4 Å². The number of unbranched alkanes of at least 4 members (excludes halogenated alkanes) is 17. The number of hydrogen-bond acceptors (Lipinski definition) is 2. The van der Waals surface area contributed by atoms with Crippen molar-refractivity contribution in [1.29, 1.82) is 0 Å². The van der Waals surface area contributed by atoms with Crippen molar-refractivity contribution in [2.45, 2.75) is 129 Å². The molecule has 2 nitrogen and oxygen atoms in total. The third-order valence-corrected chi connectivity index (χ3v) is 5.22. The van der Waals surface area contributed by atoms with Gasteiger partial charge in [-0.25, -0.2) is 0 Å². The Hall–Kier alpha value is -0.0800.